The van der Waals surface area contributed by atoms with Crippen LogP contribution in [0.3, 0.4) is 0 Å². The van der Waals surface area contributed by atoms with E-state index in [2.05, 4.69) is 6.07 Å². The molecule has 0 spiro atoms. The normalized spacial score (nSPS) is 17.6. The molecule has 0 amide bonds. The molecular weight excluding hydrogens is 1010 g/mol. The number of para-hydroxylation sites is 1. The summed E-state index contributed by atoms with van der Waals surface area (Å²) in [4.78, 5) is 9.84. The van der Waals surface area contributed by atoms with Crippen LogP contribution in [0, 0.1) is 12.9 Å². The standard InChI is InChI=1S/C63H54N3O.Pt/c1-41-34-47(43-20-13-9-14-21-43)30-31-57(41)66-58-25-17-24-53(59(58)65-61(66)54-39-52(62(2,3)4)40-55(60(54)67)63(5,6)7)50-35-49(44-22-15-10-16-23-44)36-51(37-50)56-38-48(32-33-64-56)46-28-26-45(27-29-46)42-18-11-8-12-19-42;/h8-36,38-40,67H,1-7H3;/q-1;/i1D3,2D3,3D3,4D3,5D3,6D3,7D3;. The molecule has 68 heavy (non-hydrogen) atoms. The van der Waals surface area contributed by atoms with Crippen molar-refractivity contribution < 1.29 is 55.0 Å². The van der Waals surface area contributed by atoms with Gasteiger partial charge in [-0.25, -0.2) is 4.98 Å². The summed E-state index contributed by atoms with van der Waals surface area (Å²) in [5.74, 6) is -2.17. The third-order valence-corrected chi connectivity index (χ3v) is 11.8. The largest absolute Gasteiger partial charge is 0.507 e. The van der Waals surface area contributed by atoms with E-state index in [1.54, 1.807) is 60.8 Å². The number of aryl methyl sites for hydroxylation is 1. The summed E-state index contributed by atoms with van der Waals surface area (Å²) in [7, 11) is 0. The van der Waals surface area contributed by atoms with E-state index in [0.29, 0.717) is 39.6 Å². The second kappa shape index (κ2) is 18.5. The molecule has 0 saturated heterocycles. The molecule has 338 valence electrons. The van der Waals surface area contributed by atoms with Gasteiger partial charge in [-0.3, -0.25) is 9.55 Å². The zero-order chi connectivity index (χ0) is 64.0. The summed E-state index contributed by atoms with van der Waals surface area (Å²) in [5.41, 5.74) is -5.15. The summed E-state index contributed by atoms with van der Waals surface area (Å²) in [6.07, 6.45) is 1.66. The second-order valence-electron chi connectivity index (χ2n) is 16.4. The van der Waals surface area contributed by atoms with Crippen molar-refractivity contribution in [3.63, 3.8) is 0 Å². The summed E-state index contributed by atoms with van der Waals surface area (Å²) >= 11 is 0. The molecule has 0 radical (unpaired) electrons. The molecule has 0 aliphatic carbocycles. The first-order valence-corrected chi connectivity index (χ1v) is 21.4. The van der Waals surface area contributed by atoms with Gasteiger partial charge in [-0.15, -0.1) is 23.8 Å². The molecule has 4 nitrogen and oxygen atoms in total. The van der Waals surface area contributed by atoms with Crippen LogP contribution in [0.1, 0.15) is 86.6 Å². The molecule has 0 atom stereocenters. The van der Waals surface area contributed by atoms with Crippen molar-refractivity contribution in [2.75, 3.05) is 0 Å². The van der Waals surface area contributed by atoms with Crippen LogP contribution in [0.5, 0.6) is 5.75 Å². The first-order valence-electron chi connectivity index (χ1n) is 31.9. The van der Waals surface area contributed by atoms with Crippen LogP contribution in [0.2, 0.25) is 0 Å². The van der Waals surface area contributed by atoms with Crippen molar-refractivity contribution in [3.05, 3.63) is 217 Å². The van der Waals surface area contributed by atoms with Crippen molar-refractivity contribution in [2.45, 2.75) is 58.8 Å². The molecule has 0 aliphatic rings. The first kappa shape index (κ1) is 27.0. The summed E-state index contributed by atoms with van der Waals surface area (Å²) in [6, 6.07) is 56.7. The van der Waals surface area contributed by atoms with Gasteiger partial charge in [-0.1, -0.05) is 203 Å². The van der Waals surface area contributed by atoms with Gasteiger partial charge >= 0.3 is 0 Å². The minimum absolute atomic E-state index is 0. The smallest absolute Gasteiger partial charge is 0.148 e. The Balaban J connectivity index is 0.00000941. The number of fused-ring (bicyclic) bond motifs is 1. The summed E-state index contributed by atoms with van der Waals surface area (Å²) < 4.78 is 186. The van der Waals surface area contributed by atoms with Gasteiger partial charge in [0, 0.05) is 67.3 Å². The van der Waals surface area contributed by atoms with E-state index < -0.39 is 87.1 Å². The Kier molecular flexibility index (Phi) is 7.35. The van der Waals surface area contributed by atoms with E-state index in [1.165, 1.54) is 22.8 Å². The fourth-order valence-electron chi connectivity index (χ4n) is 8.48. The molecule has 0 fully saturated rings. The van der Waals surface area contributed by atoms with E-state index in [-0.39, 0.29) is 55.0 Å². The molecule has 0 unspecified atom stereocenters. The van der Waals surface area contributed by atoms with E-state index in [0.717, 1.165) is 27.8 Å². The van der Waals surface area contributed by atoms with E-state index in [9.17, 15) is 5.11 Å². The van der Waals surface area contributed by atoms with E-state index in [4.69, 9.17) is 38.8 Å². The van der Waals surface area contributed by atoms with Crippen molar-refractivity contribution in [1.29, 1.82) is 0 Å². The number of aromatic nitrogens is 3. The predicted octanol–water partition coefficient (Wildman–Crippen LogP) is 16.5. The number of nitrogens with zero attached hydrogens (tertiary/aromatic N) is 3. The molecule has 2 aromatic heterocycles. The van der Waals surface area contributed by atoms with Gasteiger partial charge in [0.1, 0.15) is 11.6 Å². The second-order valence-corrected chi connectivity index (χ2v) is 16.4. The Hall–Kier alpha value is -7.13. The van der Waals surface area contributed by atoms with Crippen LogP contribution < -0.4 is 0 Å². The van der Waals surface area contributed by atoms with Crippen molar-refractivity contribution in [1.82, 2.24) is 14.5 Å². The number of imidazole rings is 1. The molecule has 0 saturated carbocycles. The van der Waals surface area contributed by atoms with Gasteiger partial charge in [0.15, 0.2) is 0 Å². The molecule has 2 heterocycles. The van der Waals surface area contributed by atoms with Crippen LogP contribution in [0.4, 0.5) is 0 Å². The topological polar surface area (TPSA) is 50.9 Å². The van der Waals surface area contributed by atoms with E-state index >= 15 is 0 Å². The quantitative estimate of drug-likeness (QED) is 0.154. The Labute approximate surface area is 444 Å². The third-order valence-electron chi connectivity index (χ3n) is 11.8. The van der Waals surface area contributed by atoms with Crippen molar-refractivity contribution in [2.24, 2.45) is 0 Å². The van der Waals surface area contributed by atoms with Crippen LogP contribution >= 0.6 is 0 Å². The molecule has 0 bridgehead atoms. The number of hydrogen-bond acceptors (Lipinski definition) is 3. The average Bonchev–Trinajstić information content (AvgIpc) is 1.01. The third kappa shape index (κ3) is 9.02. The first-order chi connectivity index (χ1) is 41.0. The van der Waals surface area contributed by atoms with Crippen molar-refractivity contribution in [3.8, 4) is 89.7 Å². The monoisotopic (exact) mass is 1080 g/mol. The Bertz CT molecular complexity index is 4150. The number of hydrogen-bond donors (Lipinski definition) is 1. The van der Waals surface area contributed by atoms with Gasteiger partial charge < -0.3 is 5.11 Å². The van der Waals surface area contributed by atoms with Crippen molar-refractivity contribution >= 4 is 11.0 Å². The molecule has 10 aromatic rings. The zero-order valence-electron chi connectivity index (χ0n) is 57.1. The Morgan fingerprint density at radius 1 is 0.515 bits per heavy atom. The maximum Gasteiger partial charge on any atom is 0.148 e. The minimum Gasteiger partial charge on any atom is -0.507 e. The SMILES string of the molecule is [2H]C([2H])([2H])c1cc(-c2ccccc2)ccc1-n1c(-c2cc(C(C([2H])([2H])[2H])(C([2H])([2H])[2H])C([2H])([2H])[2H])cc(C(C([2H])([2H])[2H])(C([2H])([2H])[2H])C([2H])([2H])[2H])c2O)nc2c(-c3[c-]c(-c4cc(-c5ccc(-c6ccccc6)cc5)ccn4)cc(-c4ccccc4)c3)cccc21.[Pt]. The number of phenolic OH excluding ortho intramolecular Hbond substituents is 1. The fourth-order valence-corrected chi connectivity index (χ4v) is 8.48. The maximum atomic E-state index is 13.0. The van der Waals surface area contributed by atoms with Crippen LogP contribution in [0.25, 0.3) is 95.0 Å². The molecule has 5 heteroatoms. The fraction of sp³-hybridized carbons (Fsp3) is 0.143. The predicted molar refractivity (Wildman–Crippen MR) is 280 cm³/mol. The van der Waals surface area contributed by atoms with Gasteiger partial charge in [0.25, 0.3) is 0 Å². The molecular formula is C63H54N3OPt-. The molecule has 8 aromatic carbocycles. The number of aromatic hydroxyl groups is 1. The zero-order valence-corrected chi connectivity index (χ0v) is 38.4. The van der Waals surface area contributed by atoms with Crippen LogP contribution in [-0.4, -0.2) is 19.6 Å². The maximum absolute atomic E-state index is 13.0. The number of pyridine rings is 1. The average molecular weight is 1090 g/mol. The minimum atomic E-state index is -4.24. The number of benzene rings is 8. The molecule has 1 N–H and O–H groups in total. The van der Waals surface area contributed by atoms with Gasteiger partial charge in [0.2, 0.25) is 0 Å². The van der Waals surface area contributed by atoms with Gasteiger partial charge in [-0.2, -0.15) is 0 Å². The van der Waals surface area contributed by atoms with Crippen LogP contribution in [-0.2, 0) is 31.9 Å². The Morgan fingerprint density at radius 2 is 1.09 bits per heavy atom. The summed E-state index contributed by atoms with van der Waals surface area (Å²) in [5, 5.41) is 13.0. The summed E-state index contributed by atoms with van der Waals surface area (Å²) in [6.45, 7) is -28.1. The number of phenols is 1. The molecule has 10 rings (SSSR count). The van der Waals surface area contributed by atoms with E-state index in [1.807, 2.05) is 103 Å². The Morgan fingerprint density at radius 3 is 1.74 bits per heavy atom. The molecule has 0 aliphatic heterocycles. The van der Waals surface area contributed by atoms with Gasteiger partial charge in [0.05, 0.1) is 22.3 Å². The van der Waals surface area contributed by atoms with Gasteiger partial charge in [-0.05, 0) is 98.1 Å². The van der Waals surface area contributed by atoms with Crippen LogP contribution in [0.15, 0.2) is 194 Å². The number of rotatable bonds is 8.